The standard InChI is InChI=1S/C16H28S/c1-6-10-14(8-3)12-13-15(9-4)16(17-5)11-7-2/h7,9,11,14H,4,6,8,10,12-13H2,1-3,5H3/b11-7+,16-15-. The van der Waals surface area contributed by atoms with E-state index < -0.39 is 0 Å². The lowest BCUT2D eigenvalue weighted by Gasteiger charge is -2.15. The van der Waals surface area contributed by atoms with Gasteiger partial charge in [0.25, 0.3) is 0 Å². The van der Waals surface area contributed by atoms with Crippen LogP contribution in [0.1, 0.15) is 52.9 Å². The summed E-state index contributed by atoms with van der Waals surface area (Å²) in [5, 5.41) is 0. The maximum Gasteiger partial charge on any atom is 0.00976 e. The van der Waals surface area contributed by atoms with Gasteiger partial charge in [0, 0.05) is 4.91 Å². The van der Waals surface area contributed by atoms with E-state index >= 15 is 0 Å². The molecule has 98 valence electrons. The van der Waals surface area contributed by atoms with Crippen LogP contribution in [0.25, 0.3) is 0 Å². The average molecular weight is 252 g/mol. The first kappa shape index (κ1) is 16.6. The van der Waals surface area contributed by atoms with Gasteiger partial charge in [-0.1, -0.05) is 57.9 Å². The van der Waals surface area contributed by atoms with Crippen LogP contribution in [-0.4, -0.2) is 6.26 Å². The van der Waals surface area contributed by atoms with Gasteiger partial charge in [0.1, 0.15) is 0 Å². The van der Waals surface area contributed by atoms with Gasteiger partial charge in [-0.15, -0.1) is 11.8 Å². The molecule has 0 aromatic heterocycles. The molecule has 1 unspecified atom stereocenters. The molecule has 1 atom stereocenters. The van der Waals surface area contributed by atoms with Gasteiger partial charge in [0.15, 0.2) is 0 Å². The first-order chi connectivity index (χ1) is 8.23. The fraction of sp³-hybridized carbons (Fsp3) is 0.625. The molecule has 0 amide bonds. The first-order valence-corrected chi connectivity index (χ1v) is 7.98. The molecule has 0 aliphatic rings. The quantitative estimate of drug-likeness (QED) is 0.455. The molecule has 0 rings (SSSR count). The number of rotatable bonds is 9. The van der Waals surface area contributed by atoms with Crippen molar-refractivity contribution in [3.05, 3.63) is 35.3 Å². The maximum absolute atomic E-state index is 3.96. The van der Waals surface area contributed by atoms with Crippen molar-refractivity contribution in [3.63, 3.8) is 0 Å². The Hall–Kier alpha value is -0.430. The zero-order valence-corrected chi connectivity index (χ0v) is 12.8. The molecule has 0 heterocycles. The number of thioether (sulfide) groups is 1. The molecule has 0 radical (unpaired) electrons. The van der Waals surface area contributed by atoms with E-state index in [-0.39, 0.29) is 0 Å². The fourth-order valence-corrected chi connectivity index (χ4v) is 2.82. The summed E-state index contributed by atoms with van der Waals surface area (Å²) >= 11 is 1.82. The van der Waals surface area contributed by atoms with E-state index in [9.17, 15) is 0 Å². The van der Waals surface area contributed by atoms with Crippen molar-refractivity contribution in [2.24, 2.45) is 5.92 Å². The molecule has 0 N–H and O–H groups in total. The topological polar surface area (TPSA) is 0 Å². The Bertz CT molecular complexity index is 261. The van der Waals surface area contributed by atoms with Crippen LogP contribution in [0, 0.1) is 5.92 Å². The summed E-state index contributed by atoms with van der Waals surface area (Å²) < 4.78 is 0. The van der Waals surface area contributed by atoms with Crippen LogP contribution in [-0.2, 0) is 0 Å². The molecule has 0 aliphatic carbocycles. The fourth-order valence-electron chi connectivity index (χ4n) is 2.10. The number of hydrogen-bond donors (Lipinski definition) is 0. The smallest absolute Gasteiger partial charge is 0.00976 e. The van der Waals surface area contributed by atoms with E-state index in [1.807, 2.05) is 17.8 Å². The summed E-state index contributed by atoms with van der Waals surface area (Å²) in [6, 6.07) is 0. The highest BCUT2D eigenvalue weighted by Crippen LogP contribution is 2.26. The summed E-state index contributed by atoms with van der Waals surface area (Å²) in [7, 11) is 0. The third-order valence-electron chi connectivity index (χ3n) is 3.20. The molecule has 0 bridgehead atoms. The van der Waals surface area contributed by atoms with Gasteiger partial charge in [-0.3, -0.25) is 0 Å². The molecule has 0 aromatic rings. The molecular weight excluding hydrogens is 224 g/mol. The summed E-state index contributed by atoms with van der Waals surface area (Å²) in [6.45, 7) is 10.6. The molecule has 0 aromatic carbocycles. The third-order valence-corrected chi connectivity index (χ3v) is 4.04. The highest BCUT2D eigenvalue weighted by Gasteiger charge is 2.07. The largest absolute Gasteiger partial charge is 0.129 e. The second kappa shape index (κ2) is 10.7. The Kier molecular flexibility index (Phi) is 10.4. The highest BCUT2D eigenvalue weighted by atomic mass is 32.2. The maximum atomic E-state index is 3.96. The van der Waals surface area contributed by atoms with E-state index in [4.69, 9.17) is 0 Å². The van der Waals surface area contributed by atoms with E-state index in [0.29, 0.717) is 0 Å². The second-order valence-corrected chi connectivity index (χ2v) is 5.25. The zero-order valence-electron chi connectivity index (χ0n) is 12.0. The minimum atomic E-state index is 0.878. The molecule has 0 nitrogen and oxygen atoms in total. The third kappa shape index (κ3) is 6.78. The molecule has 0 saturated carbocycles. The normalized spacial score (nSPS) is 14.8. The summed E-state index contributed by atoms with van der Waals surface area (Å²) in [5.74, 6) is 0.878. The summed E-state index contributed by atoms with van der Waals surface area (Å²) in [4.78, 5) is 1.37. The van der Waals surface area contributed by atoms with Crippen LogP contribution in [0.15, 0.2) is 35.3 Å². The summed E-state index contributed by atoms with van der Waals surface area (Å²) in [5.41, 5.74) is 1.41. The predicted octanol–water partition coefficient (Wildman–Crippen LogP) is 5.97. The minimum Gasteiger partial charge on any atom is -0.129 e. The van der Waals surface area contributed by atoms with Crippen molar-refractivity contribution in [2.45, 2.75) is 52.9 Å². The van der Waals surface area contributed by atoms with Crippen molar-refractivity contribution in [2.75, 3.05) is 6.26 Å². The van der Waals surface area contributed by atoms with Crippen LogP contribution < -0.4 is 0 Å². The van der Waals surface area contributed by atoms with Crippen LogP contribution >= 0.6 is 11.8 Å². The van der Waals surface area contributed by atoms with E-state index in [1.165, 1.54) is 42.6 Å². The van der Waals surface area contributed by atoms with Gasteiger partial charge in [0.05, 0.1) is 0 Å². The van der Waals surface area contributed by atoms with Crippen molar-refractivity contribution in [3.8, 4) is 0 Å². The van der Waals surface area contributed by atoms with E-state index in [2.05, 4.69) is 45.8 Å². The molecule has 0 aliphatic heterocycles. The SMILES string of the molecule is C=C/C(CCC(CC)CCC)=C(\C=C\C)SC. The second-order valence-electron chi connectivity index (χ2n) is 4.40. The Morgan fingerprint density at radius 1 is 1.29 bits per heavy atom. The van der Waals surface area contributed by atoms with Crippen LogP contribution in [0.3, 0.4) is 0 Å². The number of allylic oxidation sites excluding steroid dienone is 4. The van der Waals surface area contributed by atoms with E-state index in [0.717, 1.165) is 5.92 Å². The minimum absolute atomic E-state index is 0.878. The van der Waals surface area contributed by atoms with Gasteiger partial charge in [-0.2, -0.15) is 0 Å². The van der Waals surface area contributed by atoms with Crippen molar-refractivity contribution in [1.29, 1.82) is 0 Å². The van der Waals surface area contributed by atoms with Crippen molar-refractivity contribution < 1.29 is 0 Å². The zero-order chi connectivity index (χ0) is 13.1. The molecule has 17 heavy (non-hydrogen) atoms. The lowest BCUT2D eigenvalue weighted by atomic mass is 9.93. The highest BCUT2D eigenvalue weighted by molar-refractivity contribution is 8.02. The molecule has 1 heteroatoms. The van der Waals surface area contributed by atoms with Gasteiger partial charge in [-0.25, -0.2) is 0 Å². The predicted molar refractivity (Wildman–Crippen MR) is 83.5 cm³/mol. The van der Waals surface area contributed by atoms with Gasteiger partial charge in [-0.05, 0) is 37.5 Å². The molecule has 0 saturated heterocycles. The van der Waals surface area contributed by atoms with E-state index in [1.54, 1.807) is 0 Å². The Labute approximate surface area is 112 Å². The summed E-state index contributed by atoms with van der Waals surface area (Å²) in [6.07, 6.45) is 14.9. The van der Waals surface area contributed by atoms with Gasteiger partial charge >= 0.3 is 0 Å². The van der Waals surface area contributed by atoms with Crippen LogP contribution in [0.5, 0.6) is 0 Å². The van der Waals surface area contributed by atoms with Crippen LogP contribution in [0.4, 0.5) is 0 Å². The van der Waals surface area contributed by atoms with Crippen molar-refractivity contribution in [1.82, 2.24) is 0 Å². The number of hydrogen-bond acceptors (Lipinski definition) is 1. The average Bonchev–Trinajstić information content (AvgIpc) is 2.36. The lowest BCUT2D eigenvalue weighted by Crippen LogP contribution is -1.99. The molecule has 0 fully saturated rings. The van der Waals surface area contributed by atoms with Crippen LogP contribution in [0.2, 0.25) is 0 Å². The van der Waals surface area contributed by atoms with Gasteiger partial charge in [0.2, 0.25) is 0 Å². The lowest BCUT2D eigenvalue weighted by molar-refractivity contribution is 0.433. The van der Waals surface area contributed by atoms with Crippen molar-refractivity contribution >= 4 is 11.8 Å². The molecule has 0 spiro atoms. The van der Waals surface area contributed by atoms with Gasteiger partial charge < -0.3 is 0 Å². The Morgan fingerprint density at radius 2 is 2.00 bits per heavy atom. The molecular formula is C16H28S. The Morgan fingerprint density at radius 3 is 2.41 bits per heavy atom. The monoisotopic (exact) mass is 252 g/mol. The Balaban J connectivity index is 4.52. The first-order valence-electron chi connectivity index (χ1n) is 6.75.